The summed E-state index contributed by atoms with van der Waals surface area (Å²) in [5.74, 6) is -0.136. The molecule has 146 valence electrons. The van der Waals surface area contributed by atoms with Crippen molar-refractivity contribution >= 4 is 23.5 Å². The number of anilines is 1. The van der Waals surface area contributed by atoms with E-state index in [2.05, 4.69) is 15.6 Å². The third kappa shape index (κ3) is 3.46. The normalized spacial score (nSPS) is 18.6. The minimum atomic E-state index is -1.32. The number of carbonyl (C=O) groups excluding carboxylic acids is 3. The van der Waals surface area contributed by atoms with Crippen LogP contribution in [0.25, 0.3) is 0 Å². The van der Waals surface area contributed by atoms with E-state index in [4.69, 9.17) is 9.47 Å². The van der Waals surface area contributed by atoms with Crippen molar-refractivity contribution in [2.45, 2.75) is 12.5 Å². The topological polar surface area (TPSA) is 110 Å². The second kappa shape index (κ2) is 7.55. The van der Waals surface area contributed by atoms with Crippen LogP contribution in [-0.4, -0.2) is 48.5 Å². The van der Waals surface area contributed by atoms with E-state index in [1.165, 1.54) is 20.4 Å². The number of carbonyl (C=O) groups is 3. The molecule has 0 saturated carbocycles. The van der Waals surface area contributed by atoms with Crippen LogP contribution in [0.2, 0.25) is 0 Å². The molecule has 1 aliphatic rings. The predicted octanol–water partition coefficient (Wildman–Crippen LogP) is 1.50. The summed E-state index contributed by atoms with van der Waals surface area (Å²) in [7, 11) is 2.98. The molecular weight excluding hydrogens is 364 g/mol. The Labute approximate surface area is 161 Å². The number of nitrogens with zero attached hydrogens (tertiary/aromatic N) is 2. The van der Waals surface area contributed by atoms with Gasteiger partial charge in [0.2, 0.25) is 5.91 Å². The van der Waals surface area contributed by atoms with Crippen LogP contribution in [0.4, 0.5) is 10.5 Å². The van der Waals surface area contributed by atoms with Gasteiger partial charge in [0.15, 0.2) is 5.54 Å². The molecule has 0 spiro atoms. The predicted molar refractivity (Wildman–Crippen MR) is 100 cm³/mol. The van der Waals surface area contributed by atoms with Crippen molar-refractivity contribution in [2.24, 2.45) is 0 Å². The highest BCUT2D eigenvalue weighted by Gasteiger charge is 2.50. The smallest absolute Gasteiger partial charge is 0.325 e. The molecule has 1 saturated heterocycles. The third-order valence-corrected chi connectivity index (χ3v) is 4.44. The summed E-state index contributed by atoms with van der Waals surface area (Å²) in [5.41, 5.74) is -0.530. The van der Waals surface area contributed by atoms with E-state index in [9.17, 15) is 14.4 Å². The van der Waals surface area contributed by atoms with Crippen LogP contribution in [0.5, 0.6) is 11.5 Å². The number of hydrogen-bond donors (Lipinski definition) is 2. The number of ether oxygens (including phenoxy) is 2. The van der Waals surface area contributed by atoms with Crippen molar-refractivity contribution in [1.82, 2.24) is 15.2 Å². The minimum Gasteiger partial charge on any atom is -0.497 e. The summed E-state index contributed by atoms with van der Waals surface area (Å²) < 4.78 is 10.3. The van der Waals surface area contributed by atoms with Crippen LogP contribution in [0.3, 0.4) is 0 Å². The lowest BCUT2D eigenvalue weighted by atomic mass is 9.97. The number of methoxy groups -OCH3 is 2. The fourth-order valence-corrected chi connectivity index (χ4v) is 2.91. The second-order valence-corrected chi connectivity index (χ2v) is 6.28. The highest BCUT2D eigenvalue weighted by Crippen LogP contribution is 2.30. The minimum absolute atomic E-state index is 0.392. The molecule has 1 atom stereocenters. The van der Waals surface area contributed by atoms with Crippen LogP contribution in [0.1, 0.15) is 12.6 Å². The monoisotopic (exact) mass is 384 g/mol. The highest BCUT2D eigenvalue weighted by atomic mass is 16.5. The van der Waals surface area contributed by atoms with Crippen LogP contribution in [0, 0.1) is 0 Å². The molecule has 2 N–H and O–H groups in total. The van der Waals surface area contributed by atoms with E-state index in [0.717, 1.165) is 4.90 Å². The number of rotatable bonds is 6. The molecule has 9 nitrogen and oxygen atoms in total. The second-order valence-electron chi connectivity index (χ2n) is 6.28. The number of pyridine rings is 1. The maximum atomic E-state index is 12.8. The number of amides is 4. The van der Waals surface area contributed by atoms with E-state index in [0.29, 0.717) is 22.9 Å². The van der Waals surface area contributed by atoms with E-state index in [-0.39, 0.29) is 0 Å². The van der Waals surface area contributed by atoms with Crippen molar-refractivity contribution < 1.29 is 23.9 Å². The standard InChI is InChI=1S/C19H20N4O5/c1-19(15-6-4-5-9-20-15)17(25)23(18(26)22-19)11-16(24)21-13-8-7-12(27-2)10-14(13)28-3/h4-10H,11H2,1-3H3,(H,21,24)(H,22,26). The molecule has 1 aromatic carbocycles. The van der Waals surface area contributed by atoms with E-state index in [1.807, 2.05) is 0 Å². The van der Waals surface area contributed by atoms with E-state index in [1.54, 1.807) is 43.3 Å². The van der Waals surface area contributed by atoms with Crippen molar-refractivity contribution in [3.63, 3.8) is 0 Å². The van der Waals surface area contributed by atoms with Crippen molar-refractivity contribution in [1.29, 1.82) is 0 Å². The summed E-state index contributed by atoms with van der Waals surface area (Å²) in [5, 5.41) is 5.25. The van der Waals surface area contributed by atoms with E-state index < -0.39 is 29.9 Å². The van der Waals surface area contributed by atoms with Crippen molar-refractivity contribution in [3.05, 3.63) is 48.3 Å². The quantitative estimate of drug-likeness (QED) is 0.731. The molecule has 3 rings (SSSR count). The summed E-state index contributed by atoms with van der Waals surface area (Å²) in [4.78, 5) is 42.6. The van der Waals surface area contributed by atoms with Gasteiger partial charge in [-0.1, -0.05) is 6.07 Å². The number of hydrogen-bond acceptors (Lipinski definition) is 6. The molecule has 2 aromatic rings. The molecule has 28 heavy (non-hydrogen) atoms. The van der Waals surface area contributed by atoms with Crippen LogP contribution in [0.15, 0.2) is 42.6 Å². The third-order valence-electron chi connectivity index (χ3n) is 4.44. The zero-order valence-corrected chi connectivity index (χ0v) is 15.7. The number of benzene rings is 1. The first-order valence-corrected chi connectivity index (χ1v) is 8.46. The van der Waals surface area contributed by atoms with Crippen LogP contribution >= 0.6 is 0 Å². The van der Waals surface area contributed by atoms with Gasteiger partial charge in [-0.2, -0.15) is 0 Å². The summed E-state index contributed by atoms with van der Waals surface area (Å²) in [6.07, 6.45) is 1.53. The molecule has 0 radical (unpaired) electrons. The van der Waals surface area contributed by atoms with Gasteiger partial charge in [-0.05, 0) is 31.2 Å². The number of nitrogens with one attached hydrogen (secondary N) is 2. The average Bonchev–Trinajstić information content (AvgIpc) is 2.93. The Morgan fingerprint density at radius 1 is 1.21 bits per heavy atom. The summed E-state index contributed by atoms with van der Waals surface area (Å²) in [6, 6.07) is 9.30. The molecule has 1 fully saturated rings. The van der Waals surface area contributed by atoms with E-state index >= 15 is 0 Å². The molecule has 4 amide bonds. The largest absolute Gasteiger partial charge is 0.497 e. The lowest BCUT2D eigenvalue weighted by molar-refractivity contribution is -0.133. The van der Waals surface area contributed by atoms with Gasteiger partial charge < -0.3 is 20.1 Å². The Morgan fingerprint density at radius 3 is 2.64 bits per heavy atom. The van der Waals surface area contributed by atoms with Crippen molar-refractivity contribution in [3.8, 4) is 11.5 Å². The zero-order valence-electron chi connectivity index (χ0n) is 15.7. The summed E-state index contributed by atoms with van der Waals surface area (Å²) >= 11 is 0. The molecule has 9 heteroatoms. The molecule has 0 aliphatic carbocycles. The Morgan fingerprint density at radius 2 is 2.00 bits per heavy atom. The average molecular weight is 384 g/mol. The maximum Gasteiger partial charge on any atom is 0.325 e. The number of urea groups is 1. The molecule has 2 heterocycles. The first-order chi connectivity index (χ1) is 13.4. The van der Waals surface area contributed by atoms with Gasteiger partial charge >= 0.3 is 6.03 Å². The molecular formula is C19H20N4O5. The van der Waals surface area contributed by atoms with Gasteiger partial charge in [-0.15, -0.1) is 0 Å². The zero-order chi connectivity index (χ0) is 20.3. The van der Waals surface area contributed by atoms with Gasteiger partial charge in [-0.3, -0.25) is 19.5 Å². The lowest BCUT2D eigenvalue weighted by Gasteiger charge is -2.20. The Hall–Kier alpha value is -3.62. The van der Waals surface area contributed by atoms with Crippen molar-refractivity contribution in [2.75, 3.05) is 26.1 Å². The fraction of sp³-hybridized carbons (Fsp3) is 0.263. The molecule has 1 aliphatic heterocycles. The SMILES string of the molecule is COc1ccc(NC(=O)CN2C(=O)NC(C)(c3ccccn3)C2=O)c(OC)c1. The lowest BCUT2D eigenvalue weighted by Crippen LogP contribution is -2.42. The Balaban J connectivity index is 1.74. The highest BCUT2D eigenvalue weighted by molar-refractivity contribution is 6.10. The number of imide groups is 1. The van der Waals surface area contributed by atoms with Gasteiger partial charge in [0.1, 0.15) is 18.0 Å². The molecule has 1 unspecified atom stereocenters. The fourth-order valence-electron chi connectivity index (χ4n) is 2.91. The van der Waals surface area contributed by atoms with Gasteiger partial charge in [0.05, 0.1) is 25.6 Å². The van der Waals surface area contributed by atoms with Gasteiger partial charge in [-0.25, -0.2) is 4.79 Å². The maximum absolute atomic E-state index is 12.8. The first-order valence-electron chi connectivity index (χ1n) is 8.46. The summed E-state index contributed by atoms with van der Waals surface area (Å²) in [6.45, 7) is 1.11. The number of aromatic nitrogens is 1. The van der Waals surface area contributed by atoms with Gasteiger partial charge in [0.25, 0.3) is 5.91 Å². The van der Waals surface area contributed by atoms with Gasteiger partial charge in [0, 0.05) is 12.3 Å². The molecule has 0 bridgehead atoms. The first kappa shape index (κ1) is 19.2. The van der Waals surface area contributed by atoms with Crippen LogP contribution < -0.4 is 20.1 Å². The Kier molecular flexibility index (Phi) is 5.16. The van der Waals surface area contributed by atoms with Crippen LogP contribution in [-0.2, 0) is 15.1 Å². The molecule has 1 aromatic heterocycles. The Bertz CT molecular complexity index is 918.